The lowest BCUT2D eigenvalue weighted by molar-refractivity contribution is 0.122. The van der Waals surface area contributed by atoms with Gasteiger partial charge in [-0.3, -0.25) is 0 Å². The van der Waals surface area contributed by atoms with Crippen molar-refractivity contribution in [3.63, 3.8) is 0 Å². The molecule has 0 spiro atoms. The molecule has 0 bridgehead atoms. The SMILES string of the molecule is Cc1ccccc1C(O)CC1CCCN(S(C)(=O)=O)C1. The van der Waals surface area contributed by atoms with Crippen molar-refractivity contribution in [3.8, 4) is 0 Å². The highest BCUT2D eigenvalue weighted by Gasteiger charge is 2.27. The molecule has 20 heavy (non-hydrogen) atoms. The number of aliphatic hydroxyl groups is 1. The van der Waals surface area contributed by atoms with Crippen LogP contribution in [0.15, 0.2) is 24.3 Å². The van der Waals surface area contributed by atoms with Gasteiger partial charge in [0.15, 0.2) is 0 Å². The molecule has 0 saturated carbocycles. The van der Waals surface area contributed by atoms with E-state index in [0.717, 1.165) is 24.0 Å². The van der Waals surface area contributed by atoms with Gasteiger partial charge in [-0.25, -0.2) is 12.7 Å². The Bertz CT molecular complexity index is 556. The molecule has 0 aliphatic carbocycles. The van der Waals surface area contributed by atoms with Crippen molar-refractivity contribution < 1.29 is 13.5 Å². The zero-order chi connectivity index (χ0) is 14.8. The fourth-order valence-electron chi connectivity index (χ4n) is 2.92. The molecule has 1 aliphatic heterocycles. The lowest BCUT2D eigenvalue weighted by Crippen LogP contribution is -2.39. The van der Waals surface area contributed by atoms with Crippen LogP contribution in [-0.4, -0.2) is 37.2 Å². The van der Waals surface area contributed by atoms with Gasteiger partial charge in [0.05, 0.1) is 12.4 Å². The van der Waals surface area contributed by atoms with Crippen molar-refractivity contribution in [3.05, 3.63) is 35.4 Å². The van der Waals surface area contributed by atoms with Gasteiger partial charge in [0, 0.05) is 13.1 Å². The largest absolute Gasteiger partial charge is 0.388 e. The normalized spacial score (nSPS) is 22.6. The Hall–Kier alpha value is -0.910. The minimum atomic E-state index is -3.12. The summed E-state index contributed by atoms with van der Waals surface area (Å²) in [7, 11) is -3.12. The number of sulfonamides is 1. The Labute approximate surface area is 121 Å². The topological polar surface area (TPSA) is 57.6 Å². The molecule has 2 atom stereocenters. The number of aryl methyl sites for hydroxylation is 1. The second kappa shape index (κ2) is 6.24. The number of rotatable bonds is 4. The number of nitrogens with zero attached hydrogens (tertiary/aromatic N) is 1. The summed E-state index contributed by atoms with van der Waals surface area (Å²) in [6.07, 6.45) is 3.22. The smallest absolute Gasteiger partial charge is 0.211 e. The molecule has 1 aromatic rings. The van der Waals surface area contributed by atoms with Crippen LogP contribution in [0.25, 0.3) is 0 Å². The third-order valence-corrected chi connectivity index (χ3v) is 5.32. The van der Waals surface area contributed by atoms with E-state index in [-0.39, 0.29) is 5.92 Å². The summed E-state index contributed by atoms with van der Waals surface area (Å²) < 4.78 is 24.7. The highest BCUT2D eigenvalue weighted by molar-refractivity contribution is 7.88. The van der Waals surface area contributed by atoms with E-state index >= 15 is 0 Å². The van der Waals surface area contributed by atoms with Crippen molar-refractivity contribution in [2.45, 2.75) is 32.3 Å². The van der Waals surface area contributed by atoms with Gasteiger partial charge in [-0.05, 0) is 43.2 Å². The molecule has 1 aromatic carbocycles. The summed E-state index contributed by atoms with van der Waals surface area (Å²) >= 11 is 0. The van der Waals surface area contributed by atoms with Gasteiger partial charge in [0.1, 0.15) is 0 Å². The Kier molecular flexibility index (Phi) is 4.83. The summed E-state index contributed by atoms with van der Waals surface area (Å²) in [5.41, 5.74) is 2.03. The second-order valence-corrected chi connectivity index (χ2v) is 7.72. The number of piperidine rings is 1. The quantitative estimate of drug-likeness (QED) is 0.926. The first-order valence-electron chi connectivity index (χ1n) is 7.06. The zero-order valence-corrected chi connectivity index (χ0v) is 12.9. The highest BCUT2D eigenvalue weighted by atomic mass is 32.2. The van der Waals surface area contributed by atoms with E-state index in [9.17, 15) is 13.5 Å². The first-order chi connectivity index (χ1) is 9.38. The van der Waals surface area contributed by atoms with Gasteiger partial charge in [-0.15, -0.1) is 0 Å². The van der Waals surface area contributed by atoms with E-state index in [1.165, 1.54) is 10.6 Å². The van der Waals surface area contributed by atoms with Gasteiger partial charge in [-0.2, -0.15) is 0 Å². The molecule has 4 nitrogen and oxygen atoms in total. The Morgan fingerprint density at radius 1 is 1.40 bits per heavy atom. The molecule has 1 saturated heterocycles. The summed E-state index contributed by atoms with van der Waals surface area (Å²) in [4.78, 5) is 0. The van der Waals surface area contributed by atoms with Crippen LogP contribution in [0.5, 0.6) is 0 Å². The second-order valence-electron chi connectivity index (χ2n) is 5.74. The number of benzene rings is 1. The van der Waals surface area contributed by atoms with Crippen LogP contribution in [-0.2, 0) is 10.0 Å². The molecule has 112 valence electrons. The lowest BCUT2D eigenvalue weighted by Gasteiger charge is -2.32. The molecular weight excluding hydrogens is 274 g/mol. The summed E-state index contributed by atoms with van der Waals surface area (Å²) in [6.45, 7) is 3.12. The first-order valence-corrected chi connectivity index (χ1v) is 8.91. The van der Waals surface area contributed by atoms with Crippen LogP contribution in [0.4, 0.5) is 0 Å². The fourth-order valence-corrected chi connectivity index (χ4v) is 3.87. The fraction of sp³-hybridized carbons (Fsp3) is 0.600. The average molecular weight is 297 g/mol. The van der Waals surface area contributed by atoms with Crippen molar-refractivity contribution in [2.24, 2.45) is 5.92 Å². The molecule has 1 aliphatic rings. The molecule has 0 aromatic heterocycles. The minimum absolute atomic E-state index is 0.230. The number of hydrogen-bond donors (Lipinski definition) is 1. The number of hydrogen-bond acceptors (Lipinski definition) is 3. The van der Waals surface area contributed by atoms with Crippen LogP contribution < -0.4 is 0 Å². The van der Waals surface area contributed by atoms with Crippen LogP contribution in [0.1, 0.15) is 36.5 Å². The van der Waals surface area contributed by atoms with E-state index in [1.54, 1.807) is 0 Å². The predicted molar refractivity (Wildman–Crippen MR) is 79.9 cm³/mol. The first kappa shape index (κ1) is 15.5. The zero-order valence-electron chi connectivity index (χ0n) is 12.1. The molecule has 5 heteroatoms. The molecule has 0 radical (unpaired) electrons. The van der Waals surface area contributed by atoms with Crippen molar-refractivity contribution in [2.75, 3.05) is 19.3 Å². The van der Waals surface area contributed by atoms with E-state index < -0.39 is 16.1 Å². The van der Waals surface area contributed by atoms with Crippen molar-refractivity contribution in [1.82, 2.24) is 4.31 Å². The van der Waals surface area contributed by atoms with Crippen LogP contribution >= 0.6 is 0 Å². The van der Waals surface area contributed by atoms with E-state index in [0.29, 0.717) is 19.5 Å². The van der Waals surface area contributed by atoms with Crippen molar-refractivity contribution >= 4 is 10.0 Å². The summed E-state index contributed by atoms with van der Waals surface area (Å²) in [6, 6.07) is 7.81. The third kappa shape index (κ3) is 3.81. The van der Waals surface area contributed by atoms with Gasteiger partial charge in [-0.1, -0.05) is 24.3 Å². The van der Waals surface area contributed by atoms with Crippen molar-refractivity contribution in [1.29, 1.82) is 0 Å². The predicted octanol–water partition coefficient (Wildman–Crippen LogP) is 2.09. The summed E-state index contributed by atoms with van der Waals surface area (Å²) in [5.74, 6) is 0.230. The standard InChI is InChI=1S/C15H23NO3S/c1-12-6-3-4-8-14(12)15(17)10-13-7-5-9-16(11-13)20(2,18)19/h3-4,6,8,13,15,17H,5,7,9-11H2,1-2H3. The van der Waals surface area contributed by atoms with E-state index in [4.69, 9.17) is 0 Å². The van der Waals surface area contributed by atoms with E-state index in [2.05, 4.69) is 0 Å². The molecule has 2 rings (SSSR count). The lowest BCUT2D eigenvalue weighted by atomic mass is 9.90. The minimum Gasteiger partial charge on any atom is -0.388 e. The van der Waals surface area contributed by atoms with Gasteiger partial charge < -0.3 is 5.11 Å². The Morgan fingerprint density at radius 2 is 2.10 bits per heavy atom. The molecule has 0 amide bonds. The number of aliphatic hydroxyl groups excluding tert-OH is 1. The monoisotopic (exact) mass is 297 g/mol. The van der Waals surface area contributed by atoms with Crippen LogP contribution in [0.3, 0.4) is 0 Å². The maximum Gasteiger partial charge on any atom is 0.211 e. The third-order valence-electron chi connectivity index (χ3n) is 4.05. The Balaban J connectivity index is 2.01. The average Bonchev–Trinajstić information content (AvgIpc) is 2.38. The molecule has 2 unspecified atom stereocenters. The van der Waals surface area contributed by atoms with Gasteiger partial charge >= 0.3 is 0 Å². The van der Waals surface area contributed by atoms with Gasteiger partial charge in [0.25, 0.3) is 0 Å². The molecular formula is C15H23NO3S. The van der Waals surface area contributed by atoms with Crippen LogP contribution in [0.2, 0.25) is 0 Å². The summed E-state index contributed by atoms with van der Waals surface area (Å²) in [5, 5.41) is 10.4. The molecule has 1 N–H and O–H groups in total. The van der Waals surface area contributed by atoms with E-state index in [1.807, 2.05) is 31.2 Å². The maximum absolute atomic E-state index is 11.6. The maximum atomic E-state index is 11.6. The Morgan fingerprint density at radius 3 is 2.75 bits per heavy atom. The van der Waals surface area contributed by atoms with Gasteiger partial charge in [0.2, 0.25) is 10.0 Å². The van der Waals surface area contributed by atoms with Crippen LogP contribution in [0, 0.1) is 12.8 Å². The molecule has 1 fully saturated rings. The molecule has 1 heterocycles. The highest BCUT2D eigenvalue weighted by Crippen LogP contribution is 2.29.